The second-order valence-electron chi connectivity index (χ2n) is 10.1. The Kier molecular flexibility index (Phi) is 11.8. The molecule has 1 aliphatic rings. The van der Waals surface area contributed by atoms with Crippen LogP contribution in [-0.2, 0) is 0 Å². The average Bonchev–Trinajstić information content (AvgIpc) is 3.58. The second kappa shape index (κ2) is 15.3. The Balaban J connectivity index is 0.000000787. The number of likely N-dealkylation sites (tertiary alicyclic amines) is 1. The molecule has 5 rings (SSSR count). The summed E-state index contributed by atoms with van der Waals surface area (Å²) in [6, 6.07) is 4.41. The molecular formula is C31H48N8. The van der Waals surface area contributed by atoms with Crippen molar-refractivity contribution in [2.75, 3.05) is 32.0 Å². The highest BCUT2D eigenvalue weighted by atomic mass is 15.2. The highest BCUT2D eigenvalue weighted by molar-refractivity contribution is 5.94. The lowest BCUT2D eigenvalue weighted by Crippen LogP contribution is -2.33. The van der Waals surface area contributed by atoms with Gasteiger partial charge in [-0.3, -0.25) is 0 Å². The van der Waals surface area contributed by atoms with Gasteiger partial charge in [0.2, 0.25) is 5.95 Å². The first-order chi connectivity index (χ1) is 19.1. The van der Waals surface area contributed by atoms with Gasteiger partial charge in [-0.25, -0.2) is 9.50 Å². The molecule has 1 fully saturated rings. The maximum atomic E-state index is 4.76. The van der Waals surface area contributed by atoms with E-state index in [1.54, 1.807) is 0 Å². The Bertz CT molecular complexity index is 1280. The third-order valence-corrected chi connectivity index (χ3v) is 7.40. The van der Waals surface area contributed by atoms with Gasteiger partial charge in [0.15, 0.2) is 0 Å². The molecule has 4 N–H and O–H groups in total. The number of aromatic amines is 1. The number of pyridine rings is 1. The van der Waals surface area contributed by atoms with Gasteiger partial charge in [0.25, 0.3) is 0 Å². The van der Waals surface area contributed by atoms with Crippen LogP contribution in [0.15, 0.2) is 49.7 Å². The number of anilines is 1. The van der Waals surface area contributed by atoms with E-state index in [9.17, 15) is 0 Å². The Hall–Kier alpha value is -3.39. The third kappa shape index (κ3) is 7.60. The summed E-state index contributed by atoms with van der Waals surface area (Å²) in [6.07, 6.45) is 16.6. The highest BCUT2D eigenvalue weighted by Gasteiger charge is 2.18. The maximum Gasteiger partial charge on any atom is 0.224 e. The van der Waals surface area contributed by atoms with Crippen molar-refractivity contribution < 1.29 is 0 Å². The summed E-state index contributed by atoms with van der Waals surface area (Å²) in [5.41, 5.74) is 10.4. The molecule has 0 radical (unpaired) electrons. The average molecular weight is 533 g/mol. The molecule has 212 valence electrons. The summed E-state index contributed by atoms with van der Waals surface area (Å²) < 4.78 is 2.01. The van der Waals surface area contributed by atoms with Crippen molar-refractivity contribution in [3.8, 4) is 11.1 Å². The summed E-state index contributed by atoms with van der Waals surface area (Å²) in [5.74, 6) is 1.96. The van der Waals surface area contributed by atoms with Gasteiger partial charge in [-0.15, -0.1) is 0 Å². The van der Waals surface area contributed by atoms with Crippen LogP contribution in [0.2, 0.25) is 0 Å². The van der Waals surface area contributed by atoms with Crippen LogP contribution in [0.1, 0.15) is 77.7 Å². The van der Waals surface area contributed by atoms with E-state index in [1.165, 1.54) is 74.5 Å². The molecule has 8 heteroatoms. The fourth-order valence-electron chi connectivity index (χ4n) is 5.37. The minimum Gasteiger partial charge on any atom is -0.405 e. The second-order valence-corrected chi connectivity index (χ2v) is 10.1. The van der Waals surface area contributed by atoms with Crippen LogP contribution in [0.4, 0.5) is 5.95 Å². The lowest BCUT2D eigenvalue weighted by Gasteiger charge is -2.28. The van der Waals surface area contributed by atoms with Gasteiger partial charge >= 0.3 is 0 Å². The smallest absolute Gasteiger partial charge is 0.224 e. The fraction of sp³-hybridized carbons (Fsp3) is 0.516. The van der Waals surface area contributed by atoms with Gasteiger partial charge in [-0.2, -0.15) is 10.1 Å². The number of nitrogens with two attached hydrogens (primary N) is 1. The number of fused-ring (bicyclic) bond motifs is 2. The number of rotatable bonds is 9. The molecule has 4 aromatic rings. The van der Waals surface area contributed by atoms with Crippen molar-refractivity contribution in [1.82, 2.24) is 29.5 Å². The van der Waals surface area contributed by atoms with E-state index < -0.39 is 0 Å². The quantitative estimate of drug-likeness (QED) is 0.219. The van der Waals surface area contributed by atoms with Crippen LogP contribution in [-0.4, -0.2) is 56.1 Å². The van der Waals surface area contributed by atoms with E-state index in [0.717, 1.165) is 23.1 Å². The largest absolute Gasteiger partial charge is 0.405 e. The van der Waals surface area contributed by atoms with Crippen LogP contribution < -0.4 is 11.1 Å². The number of nitrogens with zero attached hydrogens (tertiary/aromatic N) is 5. The van der Waals surface area contributed by atoms with Crippen molar-refractivity contribution in [1.29, 1.82) is 0 Å². The van der Waals surface area contributed by atoms with Crippen molar-refractivity contribution in [2.24, 2.45) is 11.7 Å². The Labute approximate surface area is 234 Å². The zero-order valence-corrected chi connectivity index (χ0v) is 24.6. The fourth-order valence-corrected chi connectivity index (χ4v) is 5.37. The van der Waals surface area contributed by atoms with E-state index in [2.05, 4.69) is 89.2 Å². The molecule has 0 unspecified atom stereocenters. The monoisotopic (exact) mass is 532 g/mol. The molecule has 5 heterocycles. The van der Waals surface area contributed by atoms with Crippen LogP contribution in [0.25, 0.3) is 27.7 Å². The van der Waals surface area contributed by atoms with Gasteiger partial charge in [0.05, 0.1) is 11.7 Å². The number of piperidine rings is 1. The van der Waals surface area contributed by atoms with E-state index >= 15 is 0 Å². The first-order valence-electron chi connectivity index (χ1n) is 14.6. The van der Waals surface area contributed by atoms with Crippen LogP contribution in [0.5, 0.6) is 0 Å². The predicted octanol–water partition coefficient (Wildman–Crippen LogP) is 6.82. The lowest BCUT2D eigenvalue weighted by molar-refractivity contribution is 0.226. The molecule has 0 saturated carbocycles. The number of hydrogen-bond acceptors (Lipinski definition) is 6. The number of nitrogens with one attached hydrogen (secondary N) is 2. The zero-order chi connectivity index (χ0) is 28.2. The summed E-state index contributed by atoms with van der Waals surface area (Å²) in [6.45, 7) is 15.0. The van der Waals surface area contributed by atoms with E-state index in [-0.39, 0.29) is 0 Å². The van der Waals surface area contributed by atoms with Gasteiger partial charge in [-0.1, -0.05) is 47.1 Å². The number of hydrogen-bond donors (Lipinski definition) is 3. The standard InChI is InChI=1S/C27H37N7.C2H5N.C2H6/c1-4-6-20(7-5-2)23-18-31-34-13-10-21(14-25(23)34)22-16-28-26-24(22)17-30-27(32-26)29-15-19-8-11-33(3)12-9-19;1-2-3;1-2/h10,13-14,16-20H,4-9,11-12,15H2,1-3H3,(H2,28,29,30,32);2H,1,3H2;1-2H3. The first-order valence-corrected chi connectivity index (χ1v) is 14.6. The normalized spacial score (nSPS) is 14.1. The summed E-state index contributed by atoms with van der Waals surface area (Å²) >= 11 is 0. The van der Waals surface area contributed by atoms with Crippen molar-refractivity contribution in [3.63, 3.8) is 0 Å². The lowest BCUT2D eigenvalue weighted by atomic mass is 9.91. The molecule has 0 bridgehead atoms. The molecule has 8 nitrogen and oxygen atoms in total. The maximum absolute atomic E-state index is 4.76. The van der Waals surface area contributed by atoms with Gasteiger partial charge in [-0.05, 0) is 81.6 Å². The molecule has 4 aromatic heterocycles. The van der Waals surface area contributed by atoms with Gasteiger partial charge in [0.1, 0.15) is 5.65 Å². The topological polar surface area (TPSA) is 100 Å². The Morgan fingerprint density at radius 3 is 2.54 bits per heavy atom. The van der Waals surface area contributed by atoms with Crippen molar-refractivity contribution in [2.45, 2.75) is 72.1 Å². The minimum absolute atomic E-state index is 0.562. The Morgan fingerprint density at radius 1 is 1.18 bits per heavy atom. The molecule has 39 heavy (non-hydrogen) atoms. The third-order valence-electron chi connectivity index (χ3n) is 7.40. The Morgan fingerprint density at radius 2 is 1.87 bits per heavy atom. The summed E-state index contributed by atoms with van der Waals surface area (Å²) in [7, 11) is 2.20. The van der Waals surface area contributed by atoms with Crippen molar-refractivity contribution in [3.05, 3.63) is 55.3 Å². The number of H-pyrrole nitrogens is 1. The predicted molar refractivity (Wildman–Crippen MR) is 165 cm³/mol. The molecule has 0 atom stereocenters. The summed E-state index contributed by atoms with van der Waals surface area (Å²) in [5, 5.41) is 9.15. The molecule has 0 spiro atoms. The van der Waals surface area contributed by atoms with E-state index in [1.807, 2.05) is 24.6 Å². The molecule has 0 amide bonds. The van der Waals surface area contributed by atoms with Crippen molar-refractivity contribution >= 4 is 22.5 Å². The zero-order valence-electron chi connectivity index (χ0n) is 24.6. The molecule has 0 aromatic carbocycles. The highest BCUT2D eigenvalue weighted by Crippen LogP contribution is 2.33. The first kappa shape index (κ1) is 30.2. The number of aromatic nitrogens is 5. The van der Waals surface area contributed by atoms with Crippen LogP contribution in [0, 0.1) is 5.92 Å². The van der Waals surface area contributed by atoms with Crippen LogP contribution >= 0.6 is 0 Å². The summed E-state index contributed by atoms with van der Waals surface area (Å²) in [4.78, 5) is 15.2. The molecular weight excluding hydrogens is 484 g/mol. The van der Waals surface area contributed by atoms with Gasteiger partial charge in [0, 0.05) is 41.6 Å². The van der Waals surface area contributed by atoms with E-state index in [4.69, 9.17) is 4.98 Å². The molecule has 0 aliphatic carbocycles. The van der Waals surface area contributed by atoms with E-state index in [0.29, 0.717) is 17.8 Å². The van der Waals surface area contributed by atoms with Gasteiger partial charge < -0.3 is 20.9 Å². The minimum atomic E-state index is 0.562. The SMILES string of the molecule is C=CN.CC.CCCC(CCC)c1cnn2ccc(-c3c[nH]c4nc(NCC5CCN(C)CC5)ncc34)cc12. The molecule has 1 aliphatic heterocycles. The van der Waals surface area contributed by atoms with Crippen LogP contribution in [0.3, 0.4) is 0 Å². The molecule has 1 saturated heterocycles.